The van der Waals surface area contributed by atoms with Crippen molar-refractivity contribution in [3.05, 3.63) is 35.1 Å². The van der Waals surface area contributed by atoms with Crippen LogP contribution in [0.15, 0.2) is 18.2 Å². The molecule has 2 rings (SSSR count). The van der Waals surface area contributed by atoms with Gasteiger partial charge in [0.1, 0.15) is 5.82 Å². The minimum Gasteiger partial charge on any atom is -0.302 e. The van der Waals surface area contributed by atoms with E-state index in [1.807, 2.05) is 13.0 Å². The number of aryl methyl sites for hydroxylation is 1. The Balaban J connectivity index is 2.26. The topological polar surface area (TPSA) is 41.3 Å². The van der Waals surface area contributed by atoms with Gasteiger partial charge in [0.25, 0.3) is 0 Å². The van der Waals surface area contributed by atoms with Gasteiger partial charge < -0.3 is 4.90 Å². The predicted molar refractivity (Wildman–Crippen MR) is 80.8 cm³/mol. The maximum atomic E-state index is 13.5. The lowest BCUT2D eigenvalue weighted by Crippen LogP contribution is -2.60. The van der Waals surface area contributed by atoms with Gasteiger partial charge in [-0.25, -0.2) is 4.39 Å². The first-order valence-corrected chi connectivity index (χ1v) is 7.38. The molecule has 1 aliphatic carbocycles. The molecule has 4 heteroatoms. The van der Waals surface area contributed by atoms with Gasteiger partial charge in [-0.2, -0.15) is 0 Å². The maximum Gasteiger partial charge on any atom is 0.123 e. The zero-order chi connectivity index (χ0) is 14.8. The minimum atomic E-state index is -0.174. The first-order chi connectivity index (χ1) is 9.49. The molecular formula is C16H26FN3. The number of halogens is 1. The molecule has 0 radical (unpaired) electrons. The molecule has 0 aromatic heterocycles. The zero-order valence-corrected chi connectivity index (χ0v) is 12.7. The lowest BCUT2D eigenvalue weighted by molar-refractivity contribution is 0.104. The second-order valence-electron chi connectivity index (χ2n) is 6.20. The van der Waals surface area contributed by atoms with E-state index >= 15 is 0 Å². The van der Waals surface area contributed by atoms with E-state index in [4.69, 9.17) is 5.84 Å². The van der Waals surface area contributed by atoms with Gasteiger partial charge in [-0.05, 0) is 63.5 Å². The van der Waals surface area contributed by atoms with Crippen molar-refractivity contribution in [2.45, 2.75) is 50.6 Å². The molecule has 1 aliphatic rings. The van der Waals surface area contributed by atoms with E-state index in [1.165, 1.54) is 18.9 Å². The van der Waals surface area contributed by atoms with Crippen molar-refractivity contribution in [1.29, 1.82) is 0 Å². The van der Waals surface area contributed by atoms with Crippen LogP contribution in [0.2, 0.25) is 0 Å². The molecule has 0 heterocycles. The third-order valence-electron chi connectivity index (χ3n) is 4.95. The summed E-state index contributed by atoms with van der Waals surface area (Å²) in [6.45, 7) is 2.03. The van der Waals surface area contributed by atoms with Crippen LogP contribution in [0.1, 0.15) is 36.8 Å². The molecule has 0 spiro atoms. The van der Waals surface area contributed by atoms with Gasteiger partial charge in [0.15, 0.2) is 0 Å². The number of hydrogen-bond acceptors (Lipinski definition) is 3. The number of likely N-dealkylation sites (N-methyl/N-ethyl adjacent to an activating group) is 1. The molecule has 3 nitrogen and oxygen atoms in total. The van der Waals surface area contributed by atoms with E-state index in [9.17, 15) is 4.39 Å². The van der Waals surface area contributed by atoms with Crippen LogP contribution in [0.5, 0.6) is 0 Å². The standard InChI is InChI=1S/C16H26FN3/c1-12-6-7-14(17)10-13(12)11-15(19-18)16(20(2)3)8-4-5-9-16/h6-7,10,15,19H,4-5,8-9,11,18H2,1-3H3. The van der Waals surface area contributed by atoms with Crippen molar-refractivity contribution in [3.8, 4) is 0 Å². The van der Waals surface area contributed by atoms with Gasteiger partial charge in [-0.15, -0.1) is 0 Å². The Hall–Kier alpha value is -0.970. The molecule has 3 N–H and O–H groups in total. The summed E-state index contributed by atoms with van der Waals surface area (Å²) in [4.78, 5) is 2.29. The number of benzene rings is 1. The summed E-state index contributed by atoms with van der Waals surface area (Å²) in [5.41, 5.74) is 5.24. The van der Waals surface area contributed by atoms with Crippen molar-refractivity contribution < 1.29 is 4.39 Å². The summed E-state index contributed by atoms with van der Waals surface area (Å²) >= 11 is 0. The number of hydrogen-bond donors (Lipinski definition) is 2. The van der Waals surface area contributed by atoms with Gasteiger partial charge in [0.2, 0.25) is 0 Å². The highest BCUT2D eigenvalue weighted by Gasteiger charge is 2.42. The fraction of sp³-hybridized carbons (Fsp3) is 0.625. The van der Waals surface area contributed by atoms with Gasteiger partial charge in [0.05, 0.1) is 0 Å². The predicted octanol–water partition coefficient (Wildman–Crippen LogP) is 2.38. The lowest BCUT2D eigenvalue weighted by atomic mass is 9.82. The van der Waals surface area contributed by atoms with Crippen molar-refractivity contribution in [1.82, 2.24) is 10.3 Å². The third-order valence-corrected chi connectivity index (χ3v) is 4.95. The molecule has 1 unspecified atom stereocenters. The van der Waals surface area contributed by atoms with Crippen LogP contribution in [0, 0.1) is 12.7 Å². The highest BCUT2D eigenvalue weighted by atomic mass is 19.1. The quantitative estimate of drug-likeness (QED) is 0.642. The molecule has 0 aliphatic heterocycles. The number of nitrogens with two attached hydrogens (primary N) is 1. The van der Waals surface area contributed by atoms with E-state index in [0.29, 0.717) is 0 Å². The van der Waals surface area contributed by atoms with Crippen LogP contribution in [-0.2, 0) is 6.42 Å². The Morgan fingerprint density at radius 1 is 1.35 bits per heavy atom. The Kier molecular flexibility index (Phi) is 4.78. The number of hydrazine groups is 1. The van der Waals surface area contributed by atoms with Crippen LogP contribution < -0.4 is 11.3 Å². The molecule has 0 bridgehead atoms. The van der Waals surface area contributed by atoms with Gasteiger partial charge >= 0.3 is 0 Å². The normalized spacial score (nSPS) is 19.5. The summed E-state index contributed by atoms with van der Waals surface area (Å²) in [7, 11) is 4.24. The van der Waals surface area contributed by atoms with E-state index in [2.05, 4.69) is 24.4 Å². The van der Waals surface area contributed by atoms with Crippen molar-refractivity contribution in [2.75, 3.05) is 14.1 Å². The largest absolute Gasteiger partial charge is 0.302 e. The third kappa shape index (κ3) is 2.87. The second kappa shape index (κ2) is 6.20. The van der Waals surface area contributed by atoms with Crippen molar-refractivity contribution in [3.63, 3.8) is 0 Å². The molecule has 0 saturated heterocycles. The fourth-order valence-electron chi connectivity index (χ4n) is 3.58. The maximum absolute atomic E-state index is 13.5. The molecule has 20 heavy (non-hydrogen) atoms. The van der Waals surface area contributed by atoms with Crippen molar-refractivity contribution in [2.24, 2.45) is 5.84 Å². The van der Waals surface area contributed by atoms with Crippen LogP contribution in [0.4, 0.5) is 4.39 Å². The first kappa shape index (κ1) is 15.4. The first-order valence-electron chi connectivity index (χ1n) is 7.38. The monoisotopic (exact) mass is 279 g/mol. The Morgan fingerprint density at radius 2 is 2.00 bits per heavy atom. The minimum absolute atomic E-state index is 0.0769. The van der Waals surface area contributed by atoms with Gasteiger partial charge in [-0.3, -0.25) is 11.3 Å². The molecule has 1 atom stereocenters. The second-order valence-corrected chi connectivity index (χ2v) is 6.20. The van der Waals surface area contributed by atoms with Crippen LogP contribution >= 0.6 is 0 Å². The number of nitrogens with zero attached hydrogens (tertiary/aromatic N) is 1. The Bertz CT molecular complexity index is 453. The average Bonchev–Trinajstić information content (AvgIpc) is 2.90. The fourth-order valence-corrected chi connectivity index (χ4v) is 3.58. The average molecular weight is 279 g/mol. The molecule has 0 amide bonds. The summed E-state index contributed by atoms with van der Waals surface area (Å²) in [5, 5.41) is 0. The van der Waals surface area contributed by atoms with Crippen LogP contribution in [-0.4, -0.2) is 30.6 Å². The lowest BCUT2D eigenvalue weighted by Gasteiger charge is -2.43. The summed E-state index contributed by atoms with van der Waals surface area (Å²) in [6, 6.07) is 5.13. The summed E-state index contributed by atoms with van der Waals surface area (Å²) < 4.78 is 13.5. The van der Waals surface area contributed by atoms with Crippen LogP contribution in [0.25, 0.3) is 0 Å². The molecule has 112 valence electrons. The van der Waals surface area contributed by atoms with E-state index in [0.717, 1.165) is 30.4 Å². The highest BCUT2D eigenvalue weighted by Crippen LogP contribution is 2.37. The molecule has 1 aromatic carbocycles. The summed E-state index contributed by atoms with van der Waals surface area (Å²) in [6.07, 6.45) is 5.52. The zero-order valence-electron chi connectivity index (χ0n) is 12.7. The number of rotatable bonds is 5. The van der Waals surface area contributed by atoms with Crippen molar-refractivity contribution >= 4 is 0 Å². The SMILES string of the molecule is Cc1ccc(F)cc1CC(NN)C1(N(C)C)CCCC1. The Labute approximate surface area is 121 Å². The summed E-state index contributed by atoms with van der Waals surface area (Å²) in [5.74, 6) is 5.67. The highest BCUT2D eigenvalue weighted by molar-refractivity contribution is 5.28. The molecule has 1 saturated carbocycles. The van der Waals surface area contributed by atoms with Crippen LogP contribution in [0.3, 0.4) is 0 Å². The Morgan fingerprint density at radius 3 is 2.55 bits per heavy atom. The molecule has 1 aromatic rings. The van der Waals surface area contributed by atoms with E-state index in [1.54, 1.807) is 6.07 Å². The molecular weight excluding hydrogens is 253 g/mol. The molecule has 1 fully saturated rings. The van der Waals surface area contributed by atoms with E-state index in [-0.39, 0.29) is 17.4 Å². The van der Waals surface area contributed by atoms with Gasteiger partial charge in [-0.1, -0.05) is 18.9 Å². The van der Waals surface area contributed by atoms with Gasteiger partial charge in [0, 0.05) is 11.6 Å². The number of nitrogens with one attached hydrogen (secondary N) is 1. The smallest absolute Gasteiger partial charge is 0.123 e. The van der Waals surface area contributed by atoms with E-state index < -0.39 is 0 Å².